The molecule has 4 rings (SSSR count). The van der Waals surface area contributed by atoms with Gasteiger partial charge in [-0.1, -0.05) is 16.7 Å². The van der Waals surface area contributed by atoms with Gasteiger partial charge in [0.2, 0.25) is 11.5 Å². The van der Waals surface area contributed by atoms with E-state index >= 15 is 0 Å². The normalized spacial score (nSPS) is 11.5. The monoisotopic (exact) mass is 584 g/mol. The molecule has 226 valence electrons. The Morgan fingerprint density at radius 1 is 0.643 bits per heavy atom. The van der Waals surface area contributed by atoms with Crippen molar-refractivity contribution in [3.8, 4) is 34.5 Å². The summed E-state index contributed by atoms with van der Waals surface area (Å²) in [6.07, 6.45) is 3.49. The minimum Gasteiger partial charge on any atom is -0.493 e. The molecule has 2 heterocycles. The van der Waals surface area contributed by atoms with Crippen LogP contribution in [0, 0.1) is 0 Å². The van der Waals surface area contributed by atoms with Gasteiger partial charge in [0.25, 0.3) is 0 Å². The number of rotatable bonds is 16. The Morgan fingerprint density at radius 2 is 1.10 bits per heavy atom. The Hall–Kier alpha value is -5.02. The highest BCUT2D eigenvalue weighted by molar-refractivity contribution is 5.55. The Bertz CT molecular complexity index is 1350. The summed E-state index contributed by atoms with van der Waals surface area (Å²) in [7, 11) is 9.46. The lowest BCUT2D eigenvalue weighted by Gasteiger charge is -2.35. The van der Waals surface area contributed by atoms with E-state index in [9.17, 15) is 0 Å². The lowest BCUT2D eigenvalue weighted by atomic mass is 10.1. The van der Waals surface area contributed by atoms with Gasteiger partial charge in [0.1, 0.15) is 0 Å². The molecule has 0 saturated carbocycles. The predicted octanol–water partition coefficient (Wildman–Crippen LogP) is 1.47. The average Bonchev–Trinajstić information content (AvgIpc) is 3.76. The first-order chi connectivity index (χ1) is 20.5. The molecule has 0 bridgehead atoms. The maximum absolute atomic E-state index is 5.57. The van der Waals surface area contributed by atoms with Gasteiger partial charge in [-0.05, 0) is 52.2 Å². The SMILES string of the molecule is CCC(CN(Cc1cc(OC)c(OC)c(OC)c1)n1ncnn1)N(Cc1cc(OC)c(OC)c(OC)c1)n1ncnn1. The van der Waals surface area contributed by atoms with Crippen molar-refractivity contribution >= 4 is 0 Å². The zero-order valence-electron chi connectivity index (χ0n) is 24.8. The number of aromatic nitrogens is 8. The number of hydrogen-bond donors (Lipinski definition) is 0. The summed E-state index contributed by atoms with van der Waals surface area (Å²) < 4.78 is 33.3. The minimum absolute atomic E-state index is 0.147. The van der Waals surface area contributed by atoms with Crippen molar-refractivity contribution in [3.05, 3.63) is 48.0 Å². The lowest BCUT2D eigenvalue weighted by Crippen LogP contribution is -2.52. The second-order valence-electron chi connectivity index (χ2n) is 8.98. The molecule has 0 fully saturated rings. The fourth-order valence-corrected chi connectivity index (χ4v) is 4.64. The van der Waals surface area contributed by atoms with Crippen LogP contribution in [0.4, 0.5) is 0 Å². The third-order valence-electron chi connectivity index (χ3n) is 6.63. The topological polar surface area (TPSA) is 149 Å². The third-order valence-corrected chi connectivity index (χ3v) is 6.63. The zero-order chi connectivity index (χ0) is 30.1. The molecule has 0 aliphatic heterocycles. The highest BCUT2D eigenvalue weighted by Gasteiger charge is 2.26. The summed E-state index contributed by atoms with van der Waals surface area (Å²) >= 11 is 0. The van der Waals surface area contributed by atoms with Gasteiger partial charge in [0, 0.05) is 0 Å². The first kappa shape index (κ1) is 30.0. The highest BCUT2D eigenvalue weighted by Crippen LogP contribution is 2.39. The number of benzene rings is 2. The van der Waals surface area contributed by atoms with E-state index in [1.54, 1.807) is 42.7 Å². The van der Waals surface area contributed by atoms with Crippen LogP contribution in [0.2, 0.25) is 0 Å². The number of tetrazole rings is 2. The molecular weight excluding hydrogens is 548 g/mol. The van der Waals surface area contributed by atoms with Crippen molar-refractivity contribution in [1.29, 1.82) is 0 Å². The molecule has 1 atom stereocenters. The maximum atomic E-state index is 5.57. The van der Waals surface area contributed by atoms with Gasteiger partial charge in [0.15, 0.2) is 35.7 Å². The van der Waals surface area contributed by atoms with Gasteiger partial charge in [-0.15, -0.1) is 20.4 Å². The largest absolute Gasteiger partial charge is 0.493 e. The molecule has 1 unspecified atom stereocenters. The molecule has 4 aromatic rings. The Balaban J connectivity index is 1.69. The van der Waals surface area contributed by atoms with Crippen molar-refractivity contribution < 1.29 is 28.4 Å². The molecule has 0 saturated heterocycles. The Labute approximate surface area is 243 Å². The van der Waals surface area contributed by atoms with E-state index in [2.05, 4.69) is 37.7 Å². The highest BCUT2D eigenvalue weighted by atomic mass is 16.5. The van der Waals surface area contributed by atoms with Crippen LogP contribution in [-0.4, -0.2) is 95.9 Å². The summed E-state index contributed by atoms with van der Waals surface area (Å²) in [4.78, 5) is 2.93. The summed E-state index contributed by atoms with van der Waals surface area (Å²) in [5, 5.41) is 28.8. The van der Waals surface area contributed by atoms with Crippen molar-refractivity contribution in [1.82, 2.24) is 40.6 Å². The van der Waals surface area contributed by atoms with E-state index < -0.39 is 0 Å². The van der Waals surface area contributed by atoms with Gasteiger partial charge in [-0.3, -0.25) is 10.0 Å². The lowest BCUT2D eigenvalue weighted by molar-refractivity contribution is 0.321. The Kier molecular flexibility index (Phi) is 10.0. The van der Waals surface area contributed by atoms with Crippen LogP contribution in [-0.2, 0) is 13.1 Å². The van der Waals surface area contributed by atoms with E-state index in [1.165, 1.54) is 22.5 Å². The van der Waals surface area contributed by atoms with Crippen LogP contribution in [0.3, 0.4) is 0 Å². The molecular formula is C26H36N10O6. The van der Waals surface area contributed by atoms with Crippen LogP contribution < -0.4 is 38.4 Å². The quantitative estimate of drug-likeness (QED) is 0.187. The third kappa shape index (κ3) is 6.47. The standard InChI is InChI=1S/C26H36N10O6/c1-8-20(34(36-30-17-28-32-36)14-19-11-23(39-4)26(42-7)24(12-19)40-5)15-33(35-29-16-27-31-35)13-18-9-21(37-2)25(41-6)22(10-18)38-3/h9-12,16-17,20H,8,13-15H2,1-7H3. The van der Waals surface area contributed by atoms with Crippen LogP contribution in [0.15, 0.2) is 36.9 Å². The molecule has 2 aromatic carbocycles. The van der Waals surface area contributed by atoms with Crippen molar-refractivity contribution in [2.45, 2.75) is 32.5 Å². The molecule has 2 aromatic heterocycles. The number of ether oxygens (including phenoxy) is 6. The molecule has 16 heteroatoms. The molecule has 0 N–H and O–H groups in total. The van der Waals surface area contributed by atoms with E-state index in [0.717, 1.165) is 11.1 Å². The number of nitrogens with zero attached hydrogens (tertiary/aromatic N) is 10. The fraction of sp³-hybridized carbons (Fsp3) is 0.462. The van der Waals surface area contributed by atoms with E-state index in [1.807, 2.05) is 34.3 Å². The predicted molar refractivity (Wildman–Crippen MR) is 151 cm³/mol. The van der Waals surface area contributed by atoms with Gasteiger partial charge < -0.3 is 28.4 Å². The first-order valence-corrected chi connectivity index (χ1v) is 13.1. The maximum Gasteiger partial charge on any atom is 0.203 e. The second-order valence-corrected chi connectivity index (χ2v) is 8.98. The smallest absolute Gasteiger partial charge is 0.203 e. The molecule has 0 radical (unpaired) electrons. The van der Waals surface area contributed by atoms with E-state index in [4.69, 9.17) is 28.4 Å². The van der Waals surface area contributed by atoms with E-state index in [-0.39, 0.29) is 6.04 Å². The van der Waals surface area contributed by atoms with Crippen LogP contribution in [0.1, 0.15) is 24.5 Å². The summed E-state index contributed by atoms with van der Waals surface area (Å²) in [6, 6.07) is 7.42. The summed E-state index contributed by atoms with van der Waals surface area (Å²) in [5.41, 5.74) is 1.77. The summed E-state index contributed by atoms with van der Waals surface area (Å²) in [6.45, 7) is 3.33. The van der Waals surface area contributed by atoms with Crippen LogP contribution >= 0.6 is 0 Å². The number of hydrogen-bond acceptors (Lipinski definition) is 14. The van der Waals surface area contributed by atoms with Gasteiger partial charge in [-0.25, -0.2) is 0 Å². The average molecular weight is 585 g/mol. The van der Waals surface area contributed by atoms with E-state index in [0.29, 0.717) is 60.6 Å². The molecule has 0 aliphatic rings. The van der Waals surface area contributed by atoms with Crippen LogP contribution in [0.5, 0.6) is 34.5 Å². The van der Waals surface area contributed by atoms with Crippen LogP contribution in [0.25, 0.3) is 0 Å². The Morgan fingerprint density at radius 3 is 1.48 bits per heavy atom. The van der Waals surface area contributed by atoms with Gasteiger partial charge in [0.05, 0.1) is 68.3 Å². The molecule has 0 aliphatic carbocycles. The van der Waals surface area contributed by atoms with Gasteiger partial charge >= 0.3 is 0 Å². The first-order valence-electron chi connectivity index (χ1n) is 13.1. The zero-order valence-corrected chi connectivity index (χ0v) is 24.8. The van der Waals surface area contributed by atoms with Crippen molar-refractivity contribution in [2.75, 3.05) is 59.2 Å². The van der Waals surface area contributed by atoms with Crippen molar-refractivity contribution in [2.24, 2.45) is 0 Å². The second kappa shape index (κ2) is 14.0. The molecule has 0 spiro atoms. The molecule has 16 nitrogen and oxygen atoms in total. The number of methoxy groups -OCH3 is 6. The fourth-order valence-electron chi connectivity index (χ4n) is 4.64. The minimum atomic E-state index is -0.147. The molecule has 42 heavy (non-hydrogen) atoms. The van der Waals surface area contributed by atoms with Gasteiger partial charge in [-0.2, -0.15) is 0 Å². The van der Waals surface area contributed by atoms with Crippen molar-refractivity contribution in [3.63, 3.8) is 0 Å². The summed E-state index contributed by atoms with van der Waals surface area (Å²) in [5.74, 6) is 3.19. The molecule has 0 amide bonds.